The largest absolute Gasteiger partial charge is 0.480 e. The Morgan fingerprint density at radius 1 is 1.29 bits per heavy atom. The van der Waals surface area contributed by atoms with Crippen molar-refractivity contribution in [1.29, 1.82) is 0 Å². The van der Waals surface area contributed by atoms with Gasteiger partial charge in [-0.25, -0.2) is 0 Å². The van der Waals surface area contributed by atoms with Gasteiger partial charge in [0, 0.05) is 6.04 Å². The molecule has 0 bridgehead atoms. The first-order valence-electron chi connectivity index (χ1n) is 6.75. The molecule has 2 saturated carbocycles. The van der Waals surface area contributed by atoms with Gasteiger partial charge >= 0.3 is 5.97 Å². The Bertz CT molecular complexity index is 257. The number of carbonyl (C=O) groups is 1. The van der Waals surface area contributed by atoms with Crippen molar-refractivity contribution < 1.29 is 14.6 Å². The Balaban J connectivity index is 1.68. The van der Waals surface area contributed by atoms with Gasteiger partial charge in [-0.1, -0.05) is 6.92 Å². The van der Waals surface area contributed by atoms with Crippen molar-refractivity contribution in [2.24, 2.45) is 5.92 Å². The van der Waals surface area contributed by atoms with Gasteiger partial charge in [0.1, 0.15) is 6.04 Å². The topological polar surface area (TPSA) is 58.6 Å². The van der Waals surface area contributed by atoms with E-state index in [0.717, 1.165) is 31.6 Å². The van der Waals surface area contributed by atoms with Gasteiger partial charge in [0.2, 0.25) is 0 Å². The fourth-order valence-electron chi connectivity index (χ4n) is 2.35. The molecule has 2 fully saturated rings. The lowest BCUT2D eigenvalue weighted by molar-refractivity contribution is -0.142. The summed E-state index contributed by atoms with van der Waals surface area (Å²) in [6.45, 7) is 2.58. The predicted molar refractivity (Wildman–Crippen MR) is 65.0 cm³/mol. The first-order valence-corrected chi connectivity index (χ1v) is 6.75. The van der Waals surface area contributed by atoms with Crippen LogP contribution in [-0.2, 0) is 9.53 Å². The summed E-state index contributed by atoms with van der Waals surface area (Å²) in [7, 11) is 0. The van der Waals surface area contributed by atoms with Crippen molar-refractivity contribution in [1.82, 2.24) is 5.32 Å². The molecule has 0 aromatic carbocycles. The number of ether oxygens (including phenoxy) is 1. The molecule has 0 radical (unpaired) electrons. The minimum Gasteiger partial charge on any atom is -0.480 e. The van der Waals surface area contributed by atoms with Crippen LogP contribution in [0.3, 0.4) is 0 Å². The first-order chi connectivity index (χ1) is 8.15. The highest BCUT2D eigenvalue weighted by atomic mass is 16.5. The molecule has 2 aliphatic rings. The molecule has 1 unspecified atom stereocenters. The number of nitrogens with one attached hydrogen (secondary N) is 1. The van der Waals surface area contributed by atoms with Crippen molar-refractivity contribution in [3.63, 3.8) is 0 Å². The minimum absolute atomic E-state index is 0.272. The summed E-state index contributed by atoms with van der Waals surface area (Å²) in [4.78, 5) is 11.0. The van der Waals surface area contributed by atoms with Gasteiger partial charge in [-0.3, -0.25) is 10.1 Å². The Morgan fingerprint density at radius 2 is 1.94 bits per heavy atom. The molecule has 0 aliphatic heterocycles. The molecule has 0 spiro atoms. The summed E-state index contributed by atoms with van der Waals surface area (Å²) in [6, 6.07) is -0.118. The third kappa shape index (κ3) is 4.28. The number of rotatable bonds is 6. The molecule has 4 heteroatoms. The van der Waals surface area contributed by atoms with Crippen molar-refractivity contribution in [3.8, 4) is 0 Å². The van der Waals surface area contributed by atoms with Crippen molar-refractivity contribution >= 4 is 5.97 Å². The second-order valence-electron chi connectivity index (χ2n) is 5.55. The van der Waals surface area contributed by atoms with Crippen molar-refractivity contribution in [2.45, 2.75) is 63.6 Å². The second-order valence-corrected chi connectivity index (χ2v) is 5.55. The smallest absolute Gasteiger partial charge is 0.323 e. The van der Waals surface area contributed by atoms with Crippen LogP contribution in [0.2, 0.25) is 0 Å². The fourth-order valence-corrected chi connectivity index (χ4v) is 2.35. The van der Waals surface area contributed by atoms with E-state index in [1.807, 2.05) is 0 Å². The van der Waals surface area contributed by atoms with E-state index in [4.69, 9.17) is 9.84 Å². The molecule has 1 atom stereocenters. The Kier molecular flexibility index (Phi) is 4.40. The van der Waals surface area contributed by atoms with Gasteiger partial charge in [-0.05, 0) is 44.4 Å². The minimum atomic E-state index is -0.791. The molecule has 0 aromatic rings. The summed E-state index contributed by atoms with van der Waals surface area (Å²) in [5.74, 6) is 0.00999. The van der Waals surface area contributed by atoms with E-state index in [9.17, 15) is 4.79 Å². The van der Waals surface area contributed by atoms with Gasteiger partial charge < -0.3 is 9.84 Å². The molecule has 0 heterocycles. The molecule has 98 valence electrons. The zero-order valence-electron chi connectivity index (χ0n) is 10.5. The number of aliphatic carboxylic acids is 1. The van der Waals surface area contributed by atoms with E-state index in [1.54, 1.807) is 0 Å². The number of carboxylic acid groups (broad SMARTS) is 1. The normalized spacial score (nSPS) is 31.1. The molecule has 2 aliphatic carbocycles. The molecule has 2 N–H and O–H groups in total. The van der Waals surface area contributed by atoms with E-state index < -0.39 is 12.0 Å². The summed E-state index contributed by atoms with van der Waals surface area (Å²) >= 11 is 0. The fraction of sp³-hybridized carbons (Fsp3) is 0.923. The molecule has 17 heavy (non-hydrogen) atoms. The second kappa shape index (κ2) is 5.83. The van der Waals surface area contributed by atoms with E-state index in [-0.39, 0.29) is 6.10 Å². The van der Waals surface area contributed by atoms with Crippen LogP contribution in [-0.4, -0.2) is 35.9 Å². The van der Waals surface area contributed by atoms with Crippen LogP contribution in [0.1, 0.15) is 45.4 Å². The standard InChI is InChI=1S/C13H23NO3/c1-9-2-6-11(7-3-9)17-8-12(13(15)16)14-10-4-5-10/h9-12,14H,2-8H2,1H3,(H,15,16). The molecular formula is C13H23NO3. The van der Waals surface area contributed by atoms with Crippen LogP contribution in [0.5, 0.6) is 0 Å². The molecule has 0 saturated heterocycles. The monoisotopic (exact) mass is 241 g/mol. The van der Waals surface area contributed by atoms with Crippen LogP contribution in [0.4, 0.5) is 0 Å². The van der Waals surface area contributed by atoms with E-state index in [2.05, 4.69) is 12.2 Å². The average Bonchev–Trinajstić information content (AvgIpc) is 3.10. The zero-order valence-corrected chi connectivity index (χ0v) is 10.5. The highest BCUT2D eigenvalue weighted by Crippen LogP contribution is 2.26. The van der Waals surface area contributed by atoms with Crippen molar-refractivity contribution in [3.05, 3.63) is 0 Å². The quantitative estimate of drug-likeness (QED) is 0.744. The third-order valence-corrected chi connectivity index (χ3v) is 3.77. The average molecular weight is 241 g/mol. The maximum Gasteiger partial charge on any atom is 0.323 e. The lowest BCUT2D eigenvalue weighted by Gasteiger charge is -2.27. The van der Waals surface area contributed by atoms with Gasteiger partial charge in [0.15, 0.2) is 0 Å². The van der Waals surface area contributed by atoms with Gasteiger partial charge in [0.05, 0.1) is 12.7 Å². The molecule has 0 aromatic heterocycles. The van der Waals surface area contributed by atoms with Crippen LogP contribution in [0, 0.1) is 5.92 Å². The third-order valence-electron chi connectivity index (χ3n) is 3.77. The summed E-state index contributed by atoms with van der Waals surface area (Å²) in [5, 5.41) is 12.2. The van der Waals surface area contributed by atoms with Gasteiger partial charge in [-0.2, -0.15) is 0 Å². The summed E-state index contributed by atoms with van der Waals surface area (Å²) in [6.07, 6.45) is 7.05. The van der Waals surface area contributed by atoms with Crippen molar-refractivity contribution in [2.75, 3.05) is 6.61 Å². The maximum absolute atomic E-state index is 11.0. The predicted octanol–water partition coefficient (Wildman–Crippen LogP) is 1.79. The van der Waals surface area contributed by atoms with Gasteiger partial charge in [-0.15, -0.1) is 0 Å². The van der Waals surface area contributed by atoms with Crippen LogP contribution in [0.15, 0.2) is 0 Å². The van der Waals surface area contributed by atoms with Crippen LogP contribution in [0.25, 0.3) is 0 Å². The van der Waals surface area contributed by atoms with Crippen LogP contribution >= 0.6 is 0 Å². The number of hydrogen-bond donors (Lipinski definition) is 2. The first kappa shape index (κ1) is 12.8. The Labute approximate surface area is 103 Å². The van der Waals surface area contributed by atoms with Crippen LogP contribution < -0.4 is 5.32 Å². The highest BCUT2D eigenvalue weighted by molar-refractivity contribution is 5.73. The summed E-state index contributed by atoms with van der Waals surface area (Å²) in [5.41, 5.74) is 0. The van der Waals surface area contributed by atoms with Gasteiger partial charge in [0.25, 0.3) is 0 Å². The highest BCUT2D eigenvalue weighted by Gasteiger charge is 2.29. The molecule has 4 nitrogen and oxygen atoms in total. The number of hydrogen-bond acceptors (Lipinski definition) is 3. The van der Waals surface area contributed by atoms with E-state index in [1.165, 1.54) is 12.8 Å². The SMILES string of the molecule is CC1CCC(OCC(NC2CC2)C(=O)O)CC1. The maximum atomic E-state index is 11.0. The Morgan fingerprint density at radius 3 is 2.47 bits per heavy atom. The summed E-state index contributed by atoms with van der Waals surface area (Å²) < 4.78 is 5.74. The lowest BCUT2D eigenvalue weighted by atomic mass is 9.89. The van der Waals surface area contributed by atoms with E-state index in [0.29, 0.717) is 12.6 Å². The lowest BCUT2D eigenvalue weighted by Crippen LogP contribution is -2.43. The number of carboxylic acids is 1. The molecule has 2 rings (SSSR count). The Hall–Kier alpha value is -0.610. The van der Waals surface area contributed by atoms with E-state index >= 15 is 0 Å². The molecule has 0 amide bonds. The zero-order chi connectivity index (χ0) is 12.3. The molecular weight excluding hydrogens is 218 g/mol.